The van der Waals surface area contributed by atoms with Crippen LogP contribution in [-0.2, 0) is 11.4 Å². The number of nitrogens with zero attached hydrogens (tertiary/aromatic N) is 1. The van der Waals surface area contributed by atoms with Crippen LogP contribution in [0.1, 0.15) is 35.7 Å². The molecule has 1 fully saturated rings. The Morgan fingerprint density at radius 2 is 1.73 bits per heavy atom. The molecule has 1 aliphatic rings. The number of rotatable bonds is 4. The molecule has 2 N–H and O–H groups in total. The zero-order valence-electron chi connectivity index (χ0n) is 14.9. The number of amides is 2. The van der Waals surface area contributed by atoms with Gasteiger partial charge in [-0.05, 0) is 47.7 Å². The van der Waals surface area contributed by atoms with E-state index < -0.39 is 0 Å². The summed E-state index contributed by atoms with van der Waals surface area (Å²) in [6, 6.07) is 15.3. The highest BCUT2D eigenvalue weighted by molar-refractivity contribution is 5.95. The molecule has 0 spiro atoms. The van der Waals surface area contributed by atoms with Crippen molar-refractivity contribution in [1.82, 2.24) is 10.2 Å². The smallest absolute Gasteiger partial charge is 0.251 e. The molecule has 2 aromatic rings. The van der Waals surface area contributed by atoms with E-state index in [0.29, 0.717) is 18.7 Å². The van der Waals surface area contributed by atoms with Gasteiger partial charge in [-0.3, -0.25) is 9.59 Å². The number of carbonyl (C=O) groups excluding carboxylic acids is 2. The van der Waals surface area contributed by atoms with E-state index in [1.807, 2.05) is 47.4 Å². The second kappa shape index (κ2) is 8.15. The molecule has 0 aromatic heterocycles. The van der Waals surface area contributed by atoms with E-state index in [-0.39, 0.29) is 24.5 Å². The van der Waals surface area contributed by atoms with Crippen LogP contribution in [0.4, 0.5) is 0 Å². The number of likely N-dealkylation sites (tertiary alicyclic amines) is 1. The lowest BCUT2D eigenvalue weighted by Gasteiger charge is -2.31. The molecule has 0 unspecified atom stereocenters. The molecule has 0 aliphatic carbocycles. The zero-order valence-corrected chi connectivity index (χ0v) is 14.9. The maximum absolute atomic E-state index is 12.6. The number of benzene rings is 2. The van der Waals surface area contributed by atoms with Crippen molar-refractivity contribution < 1.29 is 14.7 Å². The Morgan fingerprint density at radius 3 is 2.38 bits per heavy atom. The van der Waals surface area contributed by atoms with Gasteiger partial charge in [0.15, 0.2) is 0 Å². The van der Waals surface area contributed by atoms with Crippen molar-refractivity contribution in [2.24, 2.45) is 0 Å². The Bertz CT molecular complexity index is 795. The van der Waals surface area contributed by atoms with Crippen LogP contribution >= 0.6 is 0 Å². The van der Waals surface area contributed by atoms with E-state index in [2.05, 4.69) is 5.32 Å². The Morgan fingerprint density at radius 1 is 1.08 bits per heavy atom. The van der Waals surface area contributed by atoms with Crippen LogP contribution in [0.3, 0.4) is 0 Å². The van der Waals surface area contributed by atoms with Gasteiger partial charge in [0.25, 0.3) is 5.91 Å². The molecule has 0 radical (unpaired) electrons. The summed E-state index contributed by atoms with van der Waals surface area (Å²) in [6.07, 6.45) is 1.56. The molecule has 0 saturated carbocycles. The standard InChI is InChI=1S/C21H24N2O3/c1-15(25)23-10-8-20(9-11-23)22-21(26)19-7-3-6-18(13-19)17-5-2-4-16(12-17)14-24/h2-7,12-13,20,24H,8-11,14H2,1H3,(H,22,26). The van der Waals surface area contributed by atoms with Crippen molar-refractivity contribution in [1.29, 1.82) is 0 Å². The number of hydrogen-bond donors (Lipinski definition) is 2. The van der Waals surface area contributed by atoms with Gasteiger partial charge in [-0.15, -0.1) is 0 Å². The quantitative estimate of drug-likeness (QED) is 0.889. The molecule has 0 atom stereocenters. The van der Waals surface area contributed by atoms with Crippen LogP contribution in [0.25, 0.3) is 11.1 Å². The summed E-state index contributed by atoms with van der Waals surface area (Å²) in [5.41, 5.74) is 3.38. The molecule has 5 heteroatoms. The van der Waals surface area contributed by atoms with Crippen LogP contribution in [0.15, 0.2) is 48.5 Å². The van der Waals surface area contributed by atoms with Crippen LogP contribution in [-0.4, -0.2) is 41.0 Å². The zero-order chi connectivity index (χ0) is 18.5. The Hall–Kier alpha value is -2.66. The second-order valence-electron chi connectivity index (χ2n) is 6.69. The number of piperidine rings is 1. The van der Waals surface area contributed by atoms with Gasteiger partial charge in [-0.25, -0.2) is 0 Å². The monoisotopic (exact) mass is 352 g/mol. The minimum atomic E-state index is -0.0913. The third-order valence-corrected chi connectivity index (χ3v) is 4.84. The lowest BCUT2D eigenvalue weighted by atomic mass is 10.00. The summed E-state index contributed by atoms with van der Waals surface area (Å²) in [6.45, 7) is 2.95. The molecule has 1 aliphatic heterocycles. The molecular weight excluding hydrogens is 328 g/mol. The van der Waals surface area contributed by atoms with Crippen molar-refractivity contribution in [3.63, 3.8) is 0 Å². The summed E-state index contributed by atoms with van der Waals surface area (Å²) in [7, 11) is 0. The van der Waals surface area contributed by atoms with E-state index in [9.17, 15) is 14.7 Å². The first-order valence-corrected chi connectivity index (χ1v) is 8.93. The molecule has 26 heavy (non-hydrogen) atoms. The molecule has 0 bridgehead atoms. The average molecular weight is 352 g/mol. The maximum atomic E-state index is 12.6. The van der Waals surface area contributed by atoms with Gasteiger partial charge in [0.1, 0.15) is 0 Å². The molecule has 136 valence electrons. The largest absolute Gasteiger partial charge is 0.392 e. The van der Waals surface area contributed by atoms with E-state index >= 15 is 0 Å². The second-order valence-corrected chi connectivity index (χ2v) is 6.69. The van der Waals surface area contributed by atoms with E-state index in [1.165, 1.54) is 0 Å². The fourth-order valence-electron chi connectivity index (χ4n) is 3.30. The molecule has 1 heterocycles. The fraction of sp³-hybridized carbons (Fsp3) is 0.333. The first kappa shape index (κ1) is 18.1. The highest BCUT2D eigenvalue weighted by atomic mass is 16.3. The predicted octanol–water partition coefficient (Wildman–Crippen LogP) is 2.59. The highest BCUT2D eigenvalue weighted by Crippen LogP contribution is 2.22. The molecular formula is C21H24N2O3. The van der Waals surface area contributed by atoms with E-state index in [4.69, 9.17) is 0 Å². The Kier molecular flexibility index (Phi) is 5.68. The van der Waals surface area contributed by atoms with Crippen LogP contribution in [0.2, 0.25) is 0 Å². The van der Waals surface area contributed by atoms with Gasteiger partial charge in [0, 0.05) is 31.6 Å². The third-order valence-electron chi connectivity index (χ3n) is 4.84. The summed E-state index contributed by atoms with van der Waals surface area (Å²) in [5, 5.41) is 12.4. The van der Waals surface area contributed by atoms with Crippen molar-refractivity contribution in [2.45, 2.75) is 32.4 Å². The number of aliphatic hydroxyl groups is 1. The number of nitrogens with one attached hydrogen (secondary N) is 1. The van der Waals surface area contributed by atoms with Gasteiger partial charge in [-0.2, -0.15) is 0 Å². The summed E-state index contributed by atoms with van der Waals surface area (Å²) in [4.78, 5) is 25.8. The van der Waals surface area contributed by atoms with Gasteiger partial charge in [0.05, 0.1) is 6.61 Å². The molecule has 2 amide bonds. The molecule has 1 saturated heterocycles. The van der Waals surface area contributed by atoms with Crippen molar-refractivity contribution >= 4 is 11.8 Å². The number of aliphatic hydroxyl groups excluding tert-OH is 1. The molecule has 2 aromatic carbocycles. The SMILES string of the molecule is CC(=O)N1CCC(NC(=O)c2cccc(-c3cccc(CO)c3)c2)CC1. The summed E-state index contributed by atoms with van der Waals surface area (Å²) < 4.78 is 0. The van der Waals surface area contributed by atoms with Crippen molar-refractivity contribution in [3.8, 4) is 11.1 Å². The lowest BCUT2D eigenvalue weighted by molar-refractivity contribution is -0.129. The Balaban J connectivity index is 1.68. The van der Waals surface area contributed by atoms with Crippen LogP contribution in [0.5, 0.6) is 0 Å². The number of carbonyl (C=O) groups is 2. The average Bonchev–Trinajstić information content (AvgIpc) is 2.68. The third kappa shape index (κ3) is 4.29. The van der Waals surface area contributed by atoms with Crippen molar-refractivity contribution in [2.75, 3.05) is 13.1 Å². The first-order valence-electron chi connectivity index (χ1n) is 8.93. The Labute approximate surface area is 153 Å². The number of hydrogen-bond acceptors (Lipinski definition) is 3. The molecule has 5 nitrogen and oxygen atoms in total. The van der Waals surface area contributed by atoms with Gasteiger partial charge in [0.2, 0.25) is 5.91 Å². The minimum Gasteiger partial charge on any atom is -0.392 e. The minimum absolute atomic E-state index is 0.00697. The van der Waals surface area contributed by atoms with Gasteiger partial charge in [-0.1, -0.05) is 30.3 Å². The lowest BCUT2D eigenvalue weighted by Crippen LogP contribution is -2.46. The predicted molar refractivity (Wildman–Crippen MR) is 101 cm³/mol. The maximum Gasteiger partial charge on any atom is 0.251 e. The van der Waals surface area contributed by atoms with Crippen LogP contribution < -0.4 is 5.32 Å². The van der Waals surface area contributed by atoms with Crippen LogP contribution in [0, 0.1) is 0 Å². The van der Waals surface area contributed by atoms with Gasteiger partial charge < -0.3 is 15.3 Å². The van der Waals surface area contributed by atoms with Crippen molar-refractivity contribution in [3.05, 3.63) is 59.7 Å². The molecule has 3 rings (SSSR count). The summed E-state index contributed by atoms with van der Waals surface area (Å²) in [5.74, 6) is -0.000903. The first-order chi connectivity index (χ1) is 12.6. The van der Waals surface area contributed by atoms with E-state index in [0.717, 1.165) is 29.5 Å². The van der Waals surface area contributed by atoms with Gasteiger partial charge >= 0.3 is 0 Å². The topological polar surface area (TPSA) is 69.6 Å². The summed E-state index contributed by atoms with van der Waals surface area (Å²) >= 11 is 0. The normalized spacial score (nSPS) is 14.9. The highest BCUT2D eigenvalue weighted by Gasteiger charge is 2.22. The van der Waals surface area contributed by atoms with E-state index in [1.54, 1.807) is 13.0 Å². The fourth-order valence-corrected chi connectivity index (χ4v) is 3.30.